The molecule has 0 spiro atoms. The van der Waals surface area contributed by atoms with Crippen LogP contribution in [-0.2, 0) is 22.6 Å². The smallest absolute Gasteiger partial charge is 0.222 e. The molecule has 1 heterocycles. The molecule has 1 aliphatic rings. The lowest BCUT2D eigenvalue weighted by Crippen LogP contribution is -2.30. The Morgan fingerprint density at radius 3 is 2.95 bits per heavy atom. The first kappa shape index (κ1) is 14.0. The van der Waals surface area contributed by atoms with Gasteiger partial charge in [0.05, 0.1) is 12.5 Å². The number of carbonyl (C=O) groups is 1. The molecule has 19 heavy (non-hydrogen) atoms. The number of nitrogens with one attached hydrogen (secondary N) is 1. The van der Waals surface area contributed by atoms with Gasteiger partial charge in [-0.15, -0.1) is 0 Å². The molecule has 1 atom stereocenters. The first-order valence-electron chi connectivity index (χ1n) is 6.94. The summed E-state index contributed by atoms with van der Waals surface area (Å²) in [5, 5.41) is 2.94. The summed E-state index contributed by atoms with van der Waals surface area (Å²) in [5.41, 5.74) is 7.76. The summed E-state index contributed by atoms with van der Waals surface area (Å²) in [6.45, 7) is 1.87. The van der Waals surface area contributed by atoms with Crippen molar-refractivity contribution in [2.45, 2.75) is 44.9 Å². The average molecular weight is 262 g/mol. The number of rotatable bonds is 5. The highest BCUT2D eigenvalue weighted by Gasteiger charge is 2.17. The Balaban J connectivity index is 1.76. The summed E-state index contributed by atoms with van der Waals surface area (Å²) in [5.74, 6) is 0.0602. The third kappa shape index (κ3) is 4.65. The Labute approximate surface area is 114 Å². The summed E-state index contributed by atoms with van der Waals surface area (Å²) in [7, 11) is 0. The fraction of sp³-hybridized carbons (Fsp3) is 0.533. The van der Waals surface area contributed by atoms with E-state index in [0.717, 1.165) is 37.0 Å². The third-order valence-corrected chi connectivity index (χ3v) is 3.40. The lowest BCUT2D eigenvalue weighted by molar-refractivity contribution is -0.125. The van der Waals surface area contributed by atoms with Crippen molar-refractivity contribution in [2.24, 2.45) is 5.73 Å². The van der Waals surface area contributed by atoms with Gasteiger partial charge in [0, 0.05) is 19.7 Å². The van der Waals surface area contributed by atoms with E-state index in [-0.39, 0.29) is 12.0 Å². The van der Waals surface area contributed by atoms with Gasteiger partial charge in [-0.25, -0.2) is 0 Å². The van der Waals surface area contributed by atoms with Gasteiger partial charge in [0.1, 0.15) is 0 Å². The van der Waals surface area contributed by atoms with E-state index in [0.29, 0.717) is 19.5 Å². The highest BCUT2D eigenvalue weighted by molar-refractivity contribution is 5.76. The standard InChI is InChI=1S/C15H22N2O2/c16-10-12-4-3-5-13(8-12)11-17-15(18)9-14-6-1-2-7-19-14/h3-5,8,14H,1-2,6-7,9-11,16H2,(H,17,18). The molecule has 2 rings (SSSR count). The predicted molar refractivity (Wildman–Crippen MR) is 74.4 cm³/mol. The summed E-state index contributed by atoms with van der Waals surface area (Å²) >= 11 is 0. The number of hydrogen-bond donors (Lipinski definition) is 2. The maximum atomic E-state index is 11.8. The monoisotopic (exact) mass is 262 g/mol. The zero-order chi connectivity index (χ0) is 13.5. The molecule has 1 aromatic carbocycles. The number of benzene rings is 1. The molecule has 0 bridgehead atoms. The van der Waals surface area contributed by atoms with Crippen LogP contribution in [0, 0.1) is 0 Å². The van der Waals surface area contributed by atoms with E-state index in [1.165, 1.54) is 0 Å². The highest BCUT2D eigenvalue weighted by Crippen LogP contribution is 2.15. The van der Waals surface area contributed by atoms with E-state index >= 15 is 0 Å². The SMILES string of the molecule is NCc1cccc(CNC(=O)CC2CCCCO2)c1. The van der Waals surface area contributed by atoms with E-state index in [4.69, 9.17) is 10.5 Å². The van der Waals surface area contributed by atoms with E-state index in [9.17, 15) is 4.79 Å². The van der Waals surface area contributed by atoms with Crippen molar-refractivity contribution in [3.63, 3.8) is 0 Å². The second kappa shape index (κ2) is 7.26. The zero-order valence-corrected chi connectivity index (χ0v) is 11.2. The molecule has 0 aromatic heterocycles. The Hall–Kier alpha value is -1.39. The summed E-state index contributed by atoms with van der Waals surface area (Å²) in [6.07, 6.45) is 3.84. The molecule has 4 heteroatoms. The van der Waals surface area contributed by atoms with Crippen LogP contribution in [0.15, 0.2) is 24.3 Å². The fourth-order valence-corrected chi connectivity index (χ4v) is 2.31. The molecular weight excluding hydrogens is 240 g/mol. The maximum Gasteiger partial charge on any atom is 0.222 e. The van der Waals surface area contributed by atoms with Crippen molar-refractivity contribution < 1.29 is 9.53 Å². The van der Waals surface area contributed by atoms with Crippen molar-refractivity contribution in [3.8, 4) is 0 Å². The largest absolute Gasteiger partial charge is 0.378 e. The molecule has 4 nitrogen and oxygen atoms in total. The van der Waals surface area contributed by atoms with Gasteiger partial charge in [0.25, 0.3) is 0 Å². The van der Waals surface area contributed by atoms with Gasteiger partial charge in [-0.2, -0.15) is 0 Å². The topological polar surface area (TPSA) is 64.3 Å². The molecule has 3 N–H and O–H groups in total. The molecule has 0 saturated carbocycles. The second-order valence-corrected chi connectivity index (χ2v) is 4.99. The Bertz CT molecular complexity index is 414. The molecular formula is C15H22N2O2. The predicted octanol–water partition coefficient (Wildman–Crippen LogP) is 1.72. The second-order valence-electron chi connectivity index (χ2n) is 4.99. The fourth-order valence-electron chi connectivity index (χ4n) is 2.31. The minimum Gasteiger partial charge on any atom is -0.378 e. The molecule has 104 valence electrons. The quantitative estimate of drug-likeness (QED) is 0.849. The van der Waals surface area contributed by atoms with E-state index < -0.39 is 0 Å². The lowest BCUT2D eigenvalue weighted by Gasteiger charge is -2.21. The van der Waals surface area contributed by atoms with Gasteiger partial charge >= 0.3 is 0 Å². The number of carbonyl (C=O) groups excluding carboxylic acids is 1. The minimum atomic E-state index is 0.0602. The lowest BCUT2D eigenvalue weighted by atomic mass is 10.1. The van der Waals surface area contributed by atoms with Gasteiger partial charge < -0.3 is 15.8 Å². The van der Waals surface area contributed by atoms with Crippen molar-refractivity contribution >= 4 is 5.91 Å². The van der Waals surface area contributed by atoms with Crippen LogP contribution in [0.1, 0.15) is 36.8 Å². The third-order valence-electron chi connectivity index (χ3n) is 3.40. The van der Waals surface area contributed by atoms with Gasteiger partial charge in [-0.3, -0.25) is 4.79 Å². The molecule has 1 amide bonds. The summed E-state index contributed by atoms with van der Waals surface area (Å²) < 4.78 is 5.56. The number of amides is 1. The van der Waals surface area contributed by atoms with Crippen molar-refractivity contribution in [1.82, 2.24) is 5.32 Å². The van der Waals surface area contributed by atoms with E-state index in [1.807, 2.05) is 24.3 Å². The molecule has 1 saturated heterocycles. The normalized spacial score (nSPS) is 19.1. The van der Waals surface area contributed by atoms with Crippen LogP contribution in [0.4, 0.5) is 0 Å². The van der Waals surface area contributed by atoms with Crippen LogP contribution < -0.4 is 11.1 Å². The van der Waals surface area contributed by atoms with E-state index in [2.05, 4.69) is 5.32 Å². The first-order chi connectivity index (χ1) is 9.28. The molecule has 1 aromatic rings. The van der Waals surface area contributed by atoms with Crippen LogP contribution in [0.2, 0.25) is 0 Å². The van der Waals surface area contributed by atoms with Crippen LogP contribution in [0.3, 0.4) is 0 Å². The molecule has 1 fully saturated rings. The van der Waals surface area contributed by atoms with Crippen LogP contribution in [-0.4, -0.2) is 18.6 Å². The zero-order valence-electron chi connectivity index (χ0n) is 11.2. The molecule has 0 aliphatic carbocycles. The maximum absolute atomic E-state index is 11.8. The van der Waals surface area contributed by atoms with Gasteiger partial charge in [-0.1, -0.05) is 24.3 Å². The number of hydrogen-bond acceptors (Lipinski definition) is 3. The highest BCUT2D eigenvalue weighted by atomic mass is 16.5. The van der Waals surface area contributed by atoms with E-state index in [1.54, 1.807) is 0 Å². The van der Waals surface area contributed by atoms with Crippen LogP contribution in [0.25, 0.3) is 0 Å². The molecule has 1 aliphatic heterocycles. The minimum absolute atomic E-state index is 0.0602. The molecule has 1 unspecified atom stereocenters. The van der Waals surface area contributed by atoms with Crippen molar-refractivity contribution in [3.05, 3.63) is 35.4 Å². The van der Waals surface area contributed by atoms with Crippen molar-refractivity contribution in [2.75, 3.05) is 6.61 Å². The van der Waals surface area contributed by atoms with Crippen LogP contribution in [0.5, 0.6) is 0 Å². The first-order valence-corrected chi connectivity index (χ1v) is 6.94. The van der Waals surface area contributed by atoms with Crippen LogP contribution >= 0.6 is 0 Å². The Kier molecular flexibility index (Phi) is 5.36. The van der Waals surface area contributed by atoms with Gasteiger partial charge in [0.2, 0.25) is 5.91 Å². The van der Waals surface area contributed by atoms with Gasteiger partial charge in [-0.05, 0) is 30.4 Å². The number of nitrogens with two attached hydrogens (primary N) is 1. The summed E-state index contributed by atoms with van der Waals surface area (Å²) in [6, 6.07) is 7.98. The molecule has 0 radical (unpaired) electrons. The van der Waals surface area contributed by atoms with Crippen molar-refractivity contribution in [1.29, 1.82) is 0 Å². The Morgan fingerprint density at radius 1 is 1.37 bits per heavy atom. The number of ether oxygens (including phenoxy) is 1. The summed E-state index contributed by atoms with van der Waals surface area (Å²) in [4.78, 5) is 11.8. The van der Waals surface area contributed by atoms with Gasteiger partial charge in [0.15, 0.2) is 0 Å². The average Bonchev–Trinajstić information content (AvgIpc) is 2.46. The Morgan fingerprint density at radius 2 is 2.21 bits per heavy atom.